The van der Waals surface area contributed by atoms with Crippen LogP contribution in [0.2, 0.25) is 0 Å². The second kappa shape index (κ2) is 6.00. The molecule has 2 aliphatic rings. The van der Waals surface area contributed by atoms with Crippen LogP contribution in [0.15, 0.2) is 22.9 Å². The Morgan fingerprint density at radius 1 is 1.18 bits per heavy atom. The molecular weight excluding hydrogens is 280 g/mol. The van der Waals surface area contributed by atoms with Crippen LogP contribution in [-0.4, -0.2) is 51.4 Å². The molecule has 1 aliphatic carbocycles. The fraction of sp³-hybridized carbons (Fsp3) is 0.600. The van der Waals surface area contributed by atoms with Crippen LogP contribution in [0.4, 0.5) is 5.82 Å². The predicted octanol–water partition coefficient (Wildman–Crippen LogP) is 1.45. The van der Waals surface area contributed by atoms with Gasteiger partial charge in [0.2, 0.25) is 5.89 Å². The van der Waals surface area contributed by atoms with Crippen LogP contribution < -0.4 is 4.90 Å². The van der Waals surface area contributed by atoms with Gasteiger partial charge in [-0.25, -0.2) is 0 Å². The molecule has 2 fully saturated rings. The van der Waals surface area contributed by atoms with Gasteiger partial charge in [-0.2, -0.15) is 10.1 Å². The maximum absolute atomic E-state index is 5.34. The first-order valence-corrected chi connectivity index (χ1v) is 7.96. The third kappa shape index (κ3) is 3.09. The first-order chi connectivity index (χ1) is 10.9. The van der Waals surface area contributed by atoms with Crippen LogP contribution in [0.25, 0.3) is 0 Å². The molecule has 1 saturated heterocycles. The molecule has 0 spiro atoms. The normalized spacial score (nSPS) is 20.1. The van der Waals surface area contributed by atoms with Crippen molar-refractivity contribution >= 4 is 5.82 Å². The number of anilines is 1. The highest BCUT2D eigenvalue weighted by atomic mass is 16.5. The fourth-order valence-corrected chi connectivity index (χ4v) is 2.85. The second-order valence-electron chi connectivity index (χ2n) is 6.02. The first kappa shape index (κ1) is 13.6. The van der Waals surface area contributed by atoms with E-state index in [0.717, 1.165) is 56.7 Å². The van der Waals surface area contributed by atoms with Crippen molar-refractivity contribution in [3.05, 3.63) is 30.0 Å². The molecule has 0 radical (unpaired) electrons. The average Bonchev–Trinajstić information content (AvgIpc) is 3.34. The molecule has 116 valence electrons. The summed E-state index contributed by atoms with van der Waals surface area (Å²) >= 11 is 0. The molecule has 0 atom stereocenters. The van der Waals surface area contributed by atoms with Crippen molar-refractivity contribution in [1.82, 2.24) is 25.2 Å². The van der Waals surface area contributed by atoms with E-state index in [-0.39, 0.29) is 0 Å². The minimum atomic E-state index is 0.525. The number of rotatable bonds is 4. The van der Waals surface area contributed by atoms with E-state index in [1.807, 2.05) is 12.1 Å². The minimum Gasteiger partial charge on any atom is -0.354 e. The van der Waals surface area contributed by atoms with Crippen LogP contribution in [0.3, 0.4) is 0 Å². The largest absolute Gasteiger partial charge is 0.354 e. The van der Waals surface area contributed by atoms with Crippen LogP contribution in [0.5, 0.6) is 0 Å². The summed E-state index contributed by atoms with van der Waals surface area (Å²) in [5.74, 6) is 3.12. The molecular formula is C15H20N6O. The lowest BCUT2D eigenvalue weighted by Crippen LogP contribution is -2.31. The summed E-state index contributed by atoms with van der Waals surface area (Å²) in [5.41, 5.74) is 0. The molecule has 0 amide bonds. The number of nitrogens with zero attached hydrogens (tertiary/aromatic N) is 6. The molecule has 0 bridgehead atoms. The van der Waals surface area contributed by atoms with Crippen LogP contribution >= 0.6 is 0 Å². The van der Waals surface area contributed by atoms with Crippen LogP contribution in [-0.2, 0) is 6.54 Å². The topological polar surface area (TPSA) is 71.2 Å². The molecule has 2 aromatic heterocycles. The van der Waals surface area contributed by atoms with Crippen molar-refractivity contribution in [2.45, 2.75) is 31.7 Å². The van der Waals surface area contributed by atoms with Gasteiger partial charge >= 0.3 is 0 Å². The van der Waals surface area contributed by atoms with Gasteiger partial charge < -0.3 is 9.42 Å². The molecule has 0 aromatic carbocycles. The summed E-state index contributed by atoms with van der Waals surface area (Å²) in [5, 5.41) is 12.3. The maximum Gasteiger partial charge on any atom is 0.229 e. The number of hydrogen-bond donors (Lipinski definition) is 0. The van der Waals surface area contributed by atoms with Crippen LogP contribution in [0.1, 0.15) is 36.9 Å². The number of aromatic nitrogens is 4. The Morgan fingerprint density at radius 2 is 2.14 bits per heavy atom. The van der Waals surface area contributed by atoms with Crippen molar-refractivity contribution < 1.29 is 4.52 Å². The summed E-state index contributed by atoms with van der Waals surface area (Å²) in [6.45, 7) is 4.75. The molecule has 7 nitrogen and oxygen atoms in total. The summed E-state index contributed by atoms with van der Waals surface area (Å²) in [4.78, 5) is 9.20. The van der Waals surface area contributed by atoms with Crippen LogP contribution in [0, 0.1) is 0 Å². The lowest BCUT2D eigenvalue weighted by Gasteiger charge is -2.21. The van der Waals surface area contributed by atoms with E-state index in [2.05, 4.69) is 30.1 Å². The highest BCUT2D eigenvalue weighted by molar-refractivity contribution is 5.36. The maximum atomic E-state index is 5.34. The van der Waals surface area contributed by atoms with Gasteiger partial charge in [0.05, 0.1) is 6.54 Å². The first-order valence-electron chi connectivity index (χ1n) is 7.96. The van der Waals surface area contributed by atoms with E-state index in [4.69, 9.17) is 4.52 Å². The lowest BCUT2D eigenvalue weighted by atomic mass is 10.3. The molecule has 1 aliphatic heterocycles. The van der Waals surface area contributed by atoms with Gasteiger partial charge in [-0.05, 0) is 31.4 Å². The summed E-state index contributed by atoms with van der Waals surface area (Å²) in [6.07, 6.45) is 5.20. The number of hydrogen-bond acceptors (Lipinski definition) is 7. The van der Waals surface area contributed by atoms with Gasteiger partial charge in [0.1, 0.15) is 0 Å². The second-order valence-corrected chi connectivity index (χ2v) is 6.02. The molecule has 22 heavy (non-hydrogen) atoms. The third-order valence-corrected chi connectivity index (χ3v) is 4.25. The average molecular weight is 300 g/mol. The summed E-state index contributed by atoms with van der Waals surface area (Å²) < 4.78 is 5.34. The quantitative estimate of drug-likeness (QED) is 0.846. The summed E-state index contributed by atoms with van der Waals surface area (Å²) in [6, 6.07) is 3.95. The third-order valence-electron chi connectivity index (χ3n) is 4.25. The zero-order valence-corrected chi connectivity index (χ0v) is 12.6. The molecule has 1 saturated carbocycles. The minimum absolute atomic E-state index is 0.525. The molecule has 0 unspecified atom stereocenters. The molecule has 4 rings (SSSR count). The van der Waals surface area contributed by atoms with E-state index in [1.54, 1.807) is 6.20 Å². The van der Waals surface area contributed by atoms with Gasteiger partial charge in [-0.1, -0.05) is 5.16 Å². The molecule has 7 heteroatoms. The van der Waals surface area contributed by atoms with E-state index < -0.39 is 0 Å². The fourth-order valence-electron chi connectivity index (χ4n) is 2.85. The van der Waals surface area contributed by atoms with E-state index in [9.17, 15) is 0 Å². The van der Waals surface area contributed by atoms with Crippen molar-refractivity contribution in [2.24, 2.45) is 0 Å². The Kier molecular flexibility index (Phi) is 3.72. The molecule has 2 aromatic rings. The Hall–Kier alpha value is -2.02. The predicted molar refractivity (Wildman–Crippen MR) is 80.4 cm³/mol. The van der Waals surface area contributed by atoms with E-state index in [0.29, 0.717) is 5.92 Å². The Balaban J connectivity index is 1.35. The Morgan fingerprint density at radius 3 is 2.95 bits per heavy atom. The SMILES string of the molecule is c1cnnc(N2CCCN(Cc3noc(C4CC4)n3)CC2)c1. The zero-order chi connectivity index (χ0) is 14.8. The van der Waals surface area contributed by atoms with E-state index in [1.165, 1.54) is 12.8 Å². The molecule has 3 heterocycles. The van der Waals surface area contributed by atoms with Gasteiger partial charge in [-0.3, -0.25) is 4.90 Å². The van der Waals surface area contributed by atoms with Gasteiger partial charge in [-0.15, -0.1) is 5.10 Å². The van der Waals surface area contributed by atoms with Gasteiger partial charge in [0.15, 0.2) is 11.6 Å². The van der Waals surface area contributed by atoms with Crippen molar-refractivity contribution in [1.29, 1.82) is 0 Å². The van der Waals surface area contributed by atoms with Gasteiger partial charge in [0.25, 0.3) is 0 Å². The summed E-state index contributed by atoms with van der Waals surface area (Å²) in [7, 11) is 0. The van der Waals surface area contributed by atoms with Crippen molar-refractivity contribution in [3.8, 4) is 0 Å². The highest BCUT2D eigenvalue weighted by Crippen LogP contribution is 2.38. The zero-order valence-electron chi connectivity index (χ0n) is 12.6. The smallest absolute Gasteiger partial charge is 0.229 e. The molecule has 0 N–H and O–H groups in total. The van der Waals surface area contributed by atoms with Crippen molar-refractivity contribution in [3.63, 3.8) is 0 Å². The Labute approximate surface area is 129 Å². The van der Waals surface area contributed by atoms with Crippen molar-refractivity contribution in [2.75, 3.05) is 31.1 Å². The highest BCUT2D eigenvalue weighted by Gasteiger charge is 2.29. The lowest BCUT2D eigenvalue weighted by molar-refractivity contribution is 0.271. The monoisotopic (exact) mass is 300 g/mol. The van der Waals surface area contributed by atoms with E-state index >= 15 is 0 Å². The van der Waals surface area contributed by atoms with Gasteiger partial charge in [0, 0.05) is 38.3 Å². The standard InChI is InChI=1S/C15H20N6O/c1-3-14(18-16-6-1)21-8-2-7-20(9-10-21)11-13-17-15(22-19-13)12-4-5-12/h1,3,6,12H,2,4-5,7-11H2. The Bertz CT molecular complexity index is 612.